The summed E-state index contributed by atoms with van der Waals surface area (Å²) in [6, 6.07) is 0.547. The number of likely N-dealkylation sites (tertiary alicyclic amines) is 1. The highest BCUT2D eigenvalue weighted by Gasteiger charge is 2.32. The van der Waals surface area contributed by atoms with Crippen LogP contribution in [-0.4, -0.2) is 35.1 Å². The molecule has 0 aromatic heterocycles. The van der Waals surface area contributed by atoms with Gasteiger partial charge < -0.3 is 5.11 Å². The largest absolute Gasteiger partial charge is 0.481 e. The van der Waals surface area contributed by atoms with Crippen molar-refractivity contribution in [2.45, 2.75) is 52.5 Å². The molecule has 3 heteroatoms. The van der Waals surface area contributed by atoms with Gasteiger partial charge in [0.15, 0.2) is 0 Å². The van der Waals surface area contributed by atoms with Crippen LogP contribution in [0.5, 0.6) is 0 Å². The zero-order valence-corrected chi connectivity index (χ0v) is 10.1. The summed E-state index contributed by atoms with van der Waals surface area (Å²) in [6.07, 6.45) is 3.98. The standard InChI is InChI=1S/C12H23NO2/c1-12(2,3)10-6-4-5-8-13(10)9-7-11(14)15/h10H,4-9H2,1-3H3,(H,14,15). The first-order chi connectivity index (χ1) is 6.91. The van der Waals surface area contributed by atoms with Gasteiger partial charge in [0.25, 0.3) is 0 Å². The van der Waals surface area contributed by atoms with Crippen molar-refractivity contribution in [3.05, 3.63) is 0 Å². The fourth-order valence-corrected chi connectivity index (χ4v) is 2.48. The van der Waals surface area contributed by atoms with Crippen LogP contribution in [0.3, 0.4) is 0 Å². The van der Waals surface area contributed by atoms with Crippen LogP contribution in [-0.2, 0) is 4.79 Å². The third kappa shape index (κ3) is 3.82. The highest BCUT2D eigenvalue weighted by molar-refractivity contribution is 5.66. The SMILES string of the molecule is CC(C)(C)C1CCCCN1CCC(=O)O. The van der Waals surface area contributed by atoms with Crippen LogP contribution < -0.4 is 0 Å². The summed E-state index contributed by atoms with van der Waals surface area (Å²) in [5, 5.41) is 8.71. The van der Waals surface area contributed by atoms with Crippen LogP contribution in [0.1, 0.15) is 46.5 Å². The van der Waals surface area contributed by atoms with Gasteiger partial charge in [0.2, 0.25) is 0 Å². The Labute approximate surface area is 92.5 Å². The number of carbonyl (C=O) groups is 1. The van der Waals surface area contributed by atoms with Crippen molar-refractivity contribution in [2.24, 2.45) is 5.41 Å². The van der Waals surface area contributed by atoms with Gasteiger partial charge in [-0.05, 0) is 24.8 Å². The minimum absolute atomic E-state index is 0.263. The highest BCUT2D eigenvalue weighted by Crippen LogP contribution is 2.31. The molecule has 1 aliphatic heterocycles. The van der Waals surface area contributed by atoms with Gasteiger partial charge in [0, 0.05) is 12.6 Å². The Morgan fingerprint density at radius 3 is 2.60 bits per heavy atom. The van der Waals surface area contributed by atoms with E-state index in [2.05, 4.69) is 25.7 Å². The van der Waals surface area contributed by atoms with Crippen molar-refractivity contribution in [3.8, 4) is 0 Å². The lowest BCUT2D eigenvalue weighted by atomic mass is 9.80. The van der Waals surface area contributed by atoms with Crippen molar-refractivity contribution >= 4 is 5.97 Å². The Hall–Kier alpha value is -0.570. The summed E-state index contributed by atoms with van der Waals surface area (Å²) in [5.74, 6) is -0.687. The molecule has 0 amide bonds. The van der Waals surface area contributed by atoms with Crippen LogP contribution in [0.15, 0.2) is 0 Å². The lowest BCUT2D eigenvalue weighted by Gasteiger charge is -2.43. The molecule has 1 atom stereocenters. The number of carboxylic acids is 1. The smallest absolute Gasteiger partial charge is 0.304 e. The fraction of sp³-hybridized carbons (Fsp3) is 0.917. The fourth-order valence-electron chi connectivity index (χ4n) is 2.48. The summed E-state index contributed by atoms with van der Waals surface area (Å²) in [6.45, 7) is 8.51. The molecule has 3 nitrogen and oxygen atoms in total. The third-order valence-electron chi connectivity index (χ3n) is 3.23. The molecule has 1 saturated heterocycles. The van der Waals surface area contributed by atoms with E-state index in [9.17, 15) is 4.79 Å². The Kier molecular flexibility index (Phi) is 4.14. The lowest BCUT2D eigenvalue weighted by molar-refractivity contribution is -0.137. The molecule has 0 bridgehead atoms. The first-order valence-electron chi connectivity index (χ1n) is 5.87. The maximum atomic E-state index is 10.6. The predicted octanol–water partition coefficient (Wildman–Crippen LogP) is 2.36. The number of carboxylic acid groups (broad SMARTS) is 1. The molecule has 0 aromatic carbocycles. The monoisotopic (exact) mass is 213 g/mol. The van der Waals surface area contributed by atoms with E-state index in [1.54, 1.807) is 0 Å². The molecule has 1 rings (SSSR count). The molecule has 0 radical (unpaired) electrons. The topological polar surface area (TPSA) is 40.5 Å². The molecule has 1 heterocycles. The summed E-state index contributed by atoms with van der Waals surface area (Å²) in [4.78, 5) is 12.9. The van der Waals surface area contributed by atoms with E-state index in [4.69, 9.17) is 5.11 Å². The van der Waals surface area contributed by atoms with E-state index >= 15 is 0 Å². The van der Waals surface area contributed by atoms with Gasteiger partial charge in [0.05, 0.1) is 6.42 Å². The first-order valence-corrected chi connectivity index (χ1v) is 5.87. The van der Waals surface area contributed by atoms with Crippen LogP contribution in [0.4, 0.5) is 0 Å². The van der Waals surface area contributed by atoms with Crippen LogP contribution >= 0.6 is 0 Å². The second-order valence-corrected chi connectivity index (χ2v) is 5.56. The van der Waals surface area contributed by atoms with Gasteiger partial charge in [-0.25, -0.2) is 0 Å². The van der Waals surface area contributed by atoms with Crippen LogP contribution in [0.2, 0.25) is 0 Å². The Balaban J connectivity index is 2.54. The van der Waals surface area contributed by atoms with E-state index in [-0.39, 0.29) is 11.8 Å². The Morgan fingerprint density at radius 1 is 1.40 bits per heavy atom. The van der Waals surface area contributed by atoms with Crippen LogP contribution in [0.25, 0.3) is 0 Å². The molecule has 1 aliphatic rings. The second-order valence-electron chi connectivity index (χ2n) is 5.56. The molecule has 15 heavy (non-hydrogen) atoms. The Morgan fingerprint density at radius 2 is 2.07 bits per heavy atom. The minimum atomic E-state index is -0.687. The van der Waals surface area contributed by atoms with Gasteiger partial charge in [0.1, 0.15) is 0 Å². The molecule has 88 valence electrons. The molecule has 1 fully saturated rings. The average Bonchev–Trinajstić information content (AvgIpc) is 2.13. The van der Waals surface area contributed by atoms with Crippen molar-refractivity contribution in [3.63, 3.8) is 0 Å². The number of aliphatic carboxylic acids is 1. The minimum Gasteiger partial charge on any atom is -0.481 e. The molecule has 0 aliphatic carbocycles. The van der Waals surface area contributed by atoms with Gasteiger partial charge in [-0.3, -0.25) is 9.69 Å². The summed E-state index contributed by atoms with van der Waals surface area (Å²) in [5.41, 5.74) is 0.263. The molecule has 0 saturated carbocycles. The van der Waals surface area contributed by atoms with Gasteiger partial charge in [-0.1, -0.05) is 27.2 Å². The van der Waals surface area contributed by atoms with E-state index in [0.717, 1.165) is 6.54 Å². The number of piperidine rings is 1. The van der Waals surface area contributed by atoms with E-state index in [0.29, 0.717) is 12.6 Å². The second kappa shape index (κ2) is 4.97. The number of hydrogen-bond acceptors (Lipinski definition) is 2. The normalized spacial score (nSPS) is 24.1. The summed E-state index contributed by atoms with van der Waals surface area (Å²) >= 11 is 0. The number of nitrogens with zero attached hydrogens (tertiary/aromatic N) is 1. The zero-order valence-electron chi connectivity index (χ0n) is 10.1. The molecular weight excluding hydrogens is 190 g/mol. The third-order valence-corrected chi connectivity index (χ3v) is 3.23. The van der Waals surface area contributed by atoms with Crippen LogP contribution in [0, 0.1) is 5.41 Å². The maximum absolute atomic E-state index is 10.6. The van der Waals surface area contributed by atoms with Gasteiger partial charge >= 0.3 is 5.97 Å². The first kappa shape index (κ1) is 12.5. The van der Waals surface area contributed by atoms with Crippen molar-refractivity contribution in [1.82, 2.24) is 4.90 Å². The quantitative estimate of drug-likeness (QED) is 0.782. The average molecular weight is 213 g/mol. The number of rotatable bonds is 3. The molecular formula is C12H23NO2. The van der Waals surface area contributed by atoms with Crippen molar-refractivity contribution in [1.29, 1.82) is 0 Å². The van der Waals surface area contributed by atoms with E-state index in [1.165, 1.54) is 19.3 Å². The predicted molar refractivity (Wildman–Crippen MR) is 60.9 cm³/mol. The molecule has 1 N–H and O–H groups in total. The zero-order chi connectivity index (χ0) is 11.5. The lowest BCUT2D eigenvalue weighted by Crippen LogP contribution is -2.47. The van der Waals surface area contributed by atoms with Gasteiger partial charge in [-0.15, -0.1) is 0 Å². The summed E-state index contributed by atoms with van der Waals surface area (Å²) < 4.78 is 0. The molecule has 1 unspecified atom stereocenters. The maximum Gasteiger partial charge on any atom is 0.304 e. The Bertz CT molecular complexity index is 220. The van der Waals surface area contributed by atoms with Crippen molar-refractivity contribution < 1.29 is 9.90 Å². The van der Waals surface area contributed by atoms with E-state index < -0.39 is 5.97 Å². The highest BCUT2D eigenvalue weighted by atomic mass is 16.4. The van der Waals surface area contributed by atoms with E-state index in [1.807, 2.05) is 0 Å². The molecule has 0 aromatic rings. The van der Waals surface area contributed by atoms with Gasteiger partial charge in [-0.2, -0.15) is 0 Å². The molecule has 0 spiro atoms. The van der Waals surface area contributed by atoms with Crippen molar-refractivity contribution in [2.75, 3.05) is 13.1 Å². The number of hydrogen-bond donors (Lipinski definition) is 1. The summed E-state index contributed by atoms with van der Waals surface area (Å²) in [7, 11) is 0.